The van der Waals surface area contributed by atoms with Crippen LogP contribution in [0.1, 0.15) is 50.9 Å². The molecule has 19 heavy (non-hydrogen) atoms. The molecule has 2 unspecified atom stereocenters. The molecule has 2 rings (SSSR count). The number of hydrogen-bond donors (Lipinski definition) is 3. The number of amides is 1. The Labute approximate surface area is 114 Å². The van der Waals surface area contributed by atoms with Gasteiger partial charge in [-0.2, -0.15) is 0 Å². The van der Waals surface area contributed by atoms with Crippen molar-refractivity contribution in [2.24, 2.45) is 5.92 Å². The Bertz CT molecular complexity index is 371. The van der Waals surface area contributed by atoms with Gasteiger partial charge in [-0.1, -0.05) is 6.92 Å². The Morgan fingerprint density at radius 2 is 2.53 bits per heavy atom. The molecule has 0 aliphatic carbocycles. The predicted octanol–water partition coefficient (Wildman–Crippen LogP) is 1.76. The summed E-state index contributed by atoms with van der Waals surface area (Å²) < 4.78 is 0. The van der Waals surface area contributed by atoms with E-state index in [-0.39, 0.29) is 11.9 Å². The highest BCUT2D eigenvalue weighted by atomic mass is 16.1. The minimum atomic E-state index is 0.00646. The van der Waals surface area contributed by atoms with Gasteiger partial charge in [0, 0.05) is 18.8 Å². The second-order valence-corrected chi connectivity index (χ2v) is 5.25. The number of imidazole rings is 1. The molecule has 2 atom stereocenters. The number of carbonyl (C=O) groups is 1. The van der Waals surface area contributed by atoms with Crippen molar-refractivity contribution in [3.63, 3.8) is 0 Å². The SMILES string of the molecule is CCC(NC(=O)CCC1CCCNC1)c1ncc[nH]1. The summed E-state index contributed by atoms with van der Waals surface area (Å²) in [6.07, 6.45) is 8.43. The Kier molecular flexibility index (Phi) is 5.39. The molecule has 0 radical (unpaired) electrons. The average Bonchev–Trinajstić information content (AvgIpc) is 2.97. The molecule has 0 bridgehead atoms. The van der Waals surface area contributed by atoms with Crippen LogP contribution in [-0.4, -0.2) is 29.0 Å². The number of carbonyl (C=O) groups excluding carboxylic acids is 1. The van der Waals surface area contributed by atoms with Crippen LogP contribution in [-0.2, 0) is 4.79 Å². The van der Waals surface area contributed by atoms with Gasteiger partial charge in [0.15, 0.2) is 0 Å². The van der Waals surface area contributed by atoms with E-state index >= 15 is 0 Å². The molecule has 0 saturated carbocycles. The number of hydrogen-bond acceptors (Lipinski definition) is 3. The minimum Gasteiger partial charge on any atom is -0.347 e. The van der Waals surface area contributed by atoms with E-state index in [1.165, 1.54) is 12.8 Å². The van der Waals surface area contributed by atoms with Gasteiger partial charge in [-0.25, -0.2) is 4.98 Å². The van der Waals surface area contributed by atoms with Crippen LogP contribution in [0.5, 0.6) is 0 Å². The number of nitrogens with one attached hydrogen (secondary N) is 3. The van der Waals surface area contributed by atoms with Crippen LogP contribution in [0, 0.1) is 5.92 Å². The summed E-state index contributed by atoms with van der Waals surface area (Å²) in [6, 6.07) is 0.00646. The van der Waals surface area contributed by atoms with Crippen LogP contribution < -0.4 is 10.6 Å². The number of aromatic amines is 1. The smallest absolute Gasteiger partial charge is 0.220 e. The van der Waals surface area contributed by atoms with E-state index in [9.17, 15) is 4.79 Å². The largest absolute Gasteiger partial charge is 0.347 e. The monoisotopic (exact) mass is 264 g/mol. The molecular weight excluding hydrogens is 240 g/mol. The summed E-state index contributed by atoms with van der Waals surface area (Å²) in [5, 5.41) is 6.44. The maximum atomic E-state index is 12.0. The zero-order chi connectivity index (χ0) is 13.5. The second kappa shape index (κ2) is 7.28. The molecule has 2 heterocycles. The van der Waals surface area contributed by atoms with Crippen molar-refractivity contribution in [1.29, 1.82) is 0 Å². The Balaban J connectivity index is 1.73. The third-order valence-corrected chi connectivity index (χ3v) is 3.77. The van der Waals surface area contributed by atoms with Gasteiger partial charge in [-0.3, -0.25) is 4.79 Å². The van der Waals surface area contributed by atoms with E-state index in [2.05, 4.69) is 27.5 Å². The van der Waals surface area contributed by atoms with Crippen molar-refractivity contribution in [1.82, 2.24) is 20.6 Å². The van der Waals surface area contributed by atoms with E-state index in [0.29, 0.717) is 12.3 Å². The third-order valence-electron chi connectivity index (χ3n) is 3.77. The van der Waals surface area contributed by atoms with E-state index < -0.39 is 0 Å². The van der Waals surface area contributed by atoms with Crippen molar-refractivity contribution in [2.75, 3.05) is 13.1 Å². The van der Waals surface area contributed by atoms with Crippen LogP contribution in [0.3, 0.4) is 0 Å². The highest BCUT2D eigenvalue weighted by Crippen LogP contribution is 2.17. The topological polar surface area (TPSA) is 69.8 Å². The van der Waals surface area contributed by atoms with Crippen molar-refractivity contribution < 1.29 is 4.79 Å². The molecule has 1 amide bonds. The number of piperidine rings is 1. The Morgan fingerprint density at radius 3 is 3.16 bits per heavy atom. The Hall–Kier alpha value is -1.36. The quantitative estimate of drug-likeness (QED) is 0.733. The van der Waals surface area contributed by atoms with E-state index in [1.54, 1.807) is 12.4 Å². The van der Waals surface area contributed by atoms with E-state index in [1.807, 2.05) is 0 Å². The van der Waals surface area contributed by atoms with Crippen molar-refractivity contribution in [3.8, 4) is 0 Å². The maximum Gasteiger partial charge on any atom is 0.220 e. The summed E-state index contributed by atoms with van der Waals surface area (Å²) in [5.74, 6) is 1.63. The first-order valence-corrected chi connectivity index (χ1v) is 7.29. The van der Waals surface area contributed by atoms with Gasteiger partial charge < -0.3 is 15.6 Å². The molecule has 1 aliphatic heterocycles. The summed E-state index contributed by atoms with van der Waals surface area (Å²) >= 11 is 0. The summed E-state index contributed by atoms with van der Waals surface area (Å²) in [4.78, 5) is 19.3. The number of nitrogens with zero attached hydrogens (tertiary/aromatic N) is 1. The van der Waals surface area contributed by atoms with Crippen LogP contribution in [0.2, 0.25) is 0 Å². The lowest BCUT2D eigenvalue weighted by atomic mass is 9.94. The highest BCUT2D eigenvalue weighted by Gasteiger charge is 2.17. The molecule has 1 aliphatic rings. The normalized spacial score (nSPS) is 21.0. The second-order valence-electron chi connectivity index (χ2n) is 5.25. The average molecular weight is 264 g/mol. The fourth-order valence-corrected chi connectivity index (χ4v) is 2.60. The van der Waals surface area contributed by atoms with Gasteiger partial charge in [-0.05, 0) is 44.7 Å². The molecule has 0 spiro atoms. The Morgan fingerprint density at radius 1 is 1.63 bits per heavy atom. The van der Waals surface area contributed by atoms with Crippen LogP contribution >= 0.6 is 0 Å². The highest BCUT2D eigenvalue weighted by molar-refractivity contribution is 5.76. The summed E-state index contributed by atoms with van der Waals surface area (Å²) in [7, 11) is 0. The van der Waals surface area contributed by atoms with E-state index in [4.69, 9.17) is 0 Å². The molecule has 1 saturated heterocycles. The first kappa shape index (κ1) is 14.1. The number of aromatic nitrogens is 2. The van der Waals surface area contributed by atoms with Crippen LogP contribution in [0.15, 0.2) is 12.4 Å². The fourth-order valence-electron chi connectivity index (χ4n) is 2.60. The summed E-state index contributed by atoms with van der Waals surface area (Å²) in [6.45, 7) is 4.24. The first-order valence-electron chi connectivity index (χ1n) is 7.29. The lowest BCUT2D eigenvalue weighted by molar-refractivity contribution is -0.122. The lowest BCUT2D eigenvalue weighted by Crippen LogP contribution is -2.32. The predicted molar refractivity (Wildman–Crippen MR) is 74.6 cm³/mol. The molecule has 0 aromatic carbocycles. The summed E-state index contributed by atoms with van der Waals surface area (Å²) in [5.41, 5.74) is 0. The lowest BCUT2D eigenvalue weighted by Gasteiger charge is -2.22. The standard InChI is InChI=1S/C14H24N4O/c1-2-12(14-16-8-9-17-14)18-13(19)6-5-11-4-3-7-15-10-11/h8-9,11-12,15H,2-7,10H2,1H3,(H,16,17)(H,18,19). The van der Waals surface area contributed by atoms with Gasteiger partial charge in [0.25, 0.3) is 0 Å². The molecule has 3 N–H and O–H groups in total. The van der Waals surface area contributed by atoms with Gasteiger partial charge in [-0.15, -0.1) is 0 Å². The molecule has 1 fully saturated rings. The van der Waals surface area contributed by atoms with Gasteiger partial charge >= 0.3 is 0 Å². The van der Waals surface area contributed by atoms with Crippen LogP contribution in [0.4, 0.5) is 0 Å². The first-order chi connectivity index (χ1) is 9.29. The maximum absolute atomic E-state index is 12.0. The minimum absolute atomic E-state index is 0.00646. The molecule has 5 heteroatoms. The molecule has 1 aromatic rings. The number of H-pyrrole nitrogens is 1. The van der Waals surface area contributed by atoms with Crippen molar-refractivity contribution in [2.45, 2.75) is 45.1 Å². The van der Waals surface area contributed by atoms with Crippen LogP contribution in [0.25, 0.3) is 0 Å². The van der Waals surface area contributed by atoms with Gasteiger partial charge in [0.2, 0.25) is 5.91 Å². The molecule has 106 valence electrons. The van der Waals surface area contributed by atoms with E-state index in [0.717, 1.165) is 31.8 Å². The zero-order valence-corrected chi connectivity index (χ0v) is 11.6. The number of rotatable bonds is 6. The van der Waals surface area contributed by atoms with Crippen molar-refractivity contribution in [3.05, 3.63) is 18.2 Å². The third kappa shape index (κ3) is 4.35. The molecule has 1 aromatic heterocycles. The fraction of sp³-hybridized carbons (Fsp3) is 0.714. The van der Waals surface area contributed by atoms with Gasteiger partial charge in [0.05, 0.1) is 6.04 Å². The molecule has 5 nitrogen and oxygen atoms in total. The molecular formula is C14H24N4O. The van der Waals surface area contributed by atoms with Crippen molar-refractivity contribution >= 4 is 5.91 Å². The van der Waals surface area contributed by atoms with Gasteiger partial charge in [0.1, 0.15) is 5.82 Å². The zero-order valence-electron chi connectivity index (χ0n) is 11.6.